The summed E-state index contributed by atoms with van der Waals surface area (Å²) in [6, 6.07) is 4.19. The second-order valence-electron chi connectivity index (χ2n) is 3.43. The van der Waals surface area contributed by atoms with Crippen molar-refractivity contribution in [3.63, 3.8) is 0 Å². The normalized spacial score (nSPS) is 12.8. The van der Waals surface area contributed by atoms with E-state index in [9.17, 15) is 9.50 Å². The number of phenolic OH excluding ortho intramolecular Hbond substituents is 1. The van der Waals surface area contributed by atoms with Gasteiger partial charge < -0.3 is 10.8 Å². The summed E-state index contributed by atoms with van der Waals surface area (Å²) >= 11 is 0. The van der Waals surface area contributed by atoms with Crippen molar-refractivity contribution in [3.8, 4) is 5.75 Å². The smallest absolute Gasteiger partial charge is 0.165 e. The van der Waals surface area contributed by atoms with E-state index in [0.29, 0.717) is 5.56 Å². The van der Waals surface area contributed by atoms with Crippen LogP contribution < -0.4 is 5.73 Å². The fourth-order valence-electron chi connectivity index (χ4n) is 1.41. The summed E-state index contributed by atoms with van der Waals surface area (Å²) in [7, 11) is 0. The van der Waals surface area contributed by atoms with Crippen LogP contribution >= 0.6 is 0 Å². The van der Waals surface area contributed by atoms with Gasteiger partial charge in [-0.05, 0) is 12.5 Å². The third-order valence-electron chi connectivity index (χ3n) is 2.29. The van der Waals surface area contributed by atoms with Crippen molar-refractivity contribution in [1.29, 1.82) is 0 Å². The Kier molecular flexibility index (Phi) is 3.89. The minimum atomic E-state index is -0.602. The number of halogens is 1. The molecular weight excluding hydrogens is 181 g/mol. The quantitative estimate of drug-likeness (QED) is 0.779. The molecule has 0 spiro atoms. The molecule has 0 aliphatic carbocycles. The first-order chi connectivity index (χ1) is 6.66. The highest BCUT2D eigenvalue weighted by molar-refractivity contribution is 5.35. The van der Waals surface area contributed by atoms with Crippen molar-refractivity contribution in [2.24, 2.45) is 5.73 Å². The van der Waals surface area contributed by atoms with Gasteiger partial charge in [-0.2, -0.15) is 0 Å². The van der Waals surface area contributed by atoms with Crippen molar-refractivity contribution in [2.45, 2.75) is 32.2 Å². The number of hydrogen-bond acceptors (Lipinski definition) is 2. The van der Waals surface area contributed by atoms with Crippen LogP contribution in [-0.2, 0) is 0 Å². The number of aromatic hydroxyl groups is 1. The van der Waals surface area contributed by atoms with E-state index in [-0.39, 0.29) is 11.8 Å². The number of benzene rings is 1. The standard InChI is InChI=1S/C11H16FNO/c1-2-3-7-10(13)8-5-4-6-9(12)11(8)14/h4-6,10,14H,2-3,7,13H2,1H3/t10-/m1/s1. The van der Waals surface area contributed by atoms with Crippen molar-refractivity contribution in [2.75, 3.05) is 0 Å². The van der Waals surface area contributed by atoms with Gasteiger partial charge >= 0.3 is 0 Å². The van der Waals surface area contributed by atoms with E-state index in [4.69, 9.17) is 5.73 Å². The second kappa shape index (κ2) is 4.96. The molecule has 0 bridgehead atoms. The van der Waals surface area contributed by atoms with Gasteiger partial charge in [-0.25, -0.2) is 4.39 Å². The Morgan fingerprint density at radius 2 is 2.21 bits per heavy atom. The first kappa shape index (κ1) is 11.0. The predicted octanol–water partition coefficient (Wildman–Crippen LogP) is 2.72. The van der Waals surface area contributed by atoms with Gasteiger partial charge in [0.05, 0.1) is 0 Å². The average molecular weight is 197 g/mol. The monoisotopic (exact) mass is 197 g/mol. The Hall–Kier alpha value is -1.09. The molecule has 0 radical (unpaired) electrons. The fourth-order valence-corrected chi connectivity index (χ4v) is 1.41. The van der Waals surface area contributed by atoms with Gasteiger partial charge in [0.25, 0.3) is 0 Å². The zero-order valence-electron chi connectivity index (χ0n) is 8.33. The molecule has 2 nitrogen and oxygen atoms in total. The molecule has 1 aromatic rings. The first-order valence-electron chi connectivity index (χ1n) is 4.89. The maximum atomic E-state index is 13.0. The van der Waals surface area contributed by atoms with Gasteiger partial charge in [0.2, 0.25) is 0 Å². The van der Waals surface area contributed by atoms with E-state index in [1.807, 2.05) is 0 Å². The van der Waals surface area contributed by atoms with E-state index in [1.165, 1.54) is 6.07 Å². The van der Waals surface area contributed by atoms with E-state index in [1.54, 1.807) is 12.1 Å². The molecule has 14 heavy (non-hydrogen) atoms. The highest BCUT2D eigenvalue weighted by atomic mass is 19.1. The predicted molar refractivity (Wildman–Crippen MR) is 54.5 cm³/mol. The lowest BCUT2D eigenvalue weighted by Crippen LogP contribution is -2.10. The molecule has 0 unspecified atom stereocenters. The SMILES string of the molecule is CCCC[C@@H](N)c1cccc(F)c1O. The Labute approximate surface area is 83.6 Å². The molecule has 78 valence electrons. The topological polar surface area (TPSA) is 46.2 Å². The Bertz CT molecular complexity index is 301. The summed E-state index contributed by atoms with van der Waals surface area (Å²) in [6.45, 7) is 2.07. The second-order valence-corrected chi connectivity index (χ2v) is 3.43. The molecule has 0 aliphatic rings. The van der Waals surface area contributed by atoms with Crippen molar-refractivity contribution < 1.29 is 9.50 Å². The Balaban J connectivity index is 2.79. The molecule has 0 saturated heterocycles. The number of rotatable bonds is 4. The molecule has 1 aromatic carbocycles. The van der Waals surface area contributed by atoms with Crippen molar-refractivity contribution in [3.05, 3.63) is 29.6 Å². The van der Waals surface area contributed by atoms with Crippen LogP contribution in [0.4, 0.5) is 4.39 Å². The zero-order chi connectivity index (χ0) is 10.6. The number of phenols is 1. The first-order valence-corrected chi connectivity index (χ1v) is 4.89. The van der Waals surface area contributed by atoms with E-state index in [0.717, 1.165) is 19.3 Å². The minimum Gasteiger partial charge on any atom is -0.505 e. The maximum Gasteiger partial charge on any atom is 0.165 e. The van der Waals surface area contributed by atoms with Crippen LogP contribution in [0.15, 0.2) is 18.2 Å². The third kappa shape index (κ3) is 2.45. The van der Waals surface area contributed by atoms with Gasteiger partial charge in [0, 0.05) is 11.6 Å². The summed E-state index contributed by atoms with van der Waals surface area (Å²) < 4.78 is 13.0. The molecule has 1 atom stereocenters. The molecule has 0 aromatic heterocycles. The highest BCUT2D eigenvalue weighted by Crippen LogP contribution is 2.27. The Morgan fingerprint density at radius 3 is 2.86 bits per heavy atom. The average Bonchev–Trinajstić information content (AvgIpc) is 2.18. The molecular formula is C11H16FNO. The molecule has 0 heterocycles. The van der Waals surface area contributed by atoms with Crippen LogP contribution in [0.3, 0.4) is 0 Å². The summed E-state index contributed by atoms with van der Waals surface area (Å²) in [6.07, 6.45) is 2.80. The molecule has 0 aliphatic heterocycles. The number of nitrogens with two attached hydrogens (primary N) is 1. The number of unbranched alkanes of at least 4 members (excludes halogenated alkanes) is 1. The molecule has 1 rings (SSSR count). The van der Waals surface area contributed by atoms with Gasteiger partial charge in [0.1, 0.15) is 0 Å². The number of hydrogen-bond donors (Lipinski definition) is 2. The lowest BCUT2D eigenvalue weighted by molar-refractivity contribution is 0.417. The largest absolute Gasteiger partial charge is 0.505 e. The summed E-state index contributed by atoms with van der Waals surface area (Å²) in [5.74, 6) is -0.912. The molecule has 0 fully saturated rings. The lowest BCUT2D eigenvalue weighted by atomic mass is 10.0. The van der Waals surface area contributed by atoms with E-state index < -0.39 is 5.82 Å². The van der Waals surface area contributed by atoms with Gasteiger partial charge in [-0.3, -0.25) is 0 Å². The molecule has 3 N–H and O–H groups in total. The van der Waals surface area contributed by atoms with Crippen LogP contribution in [0.1, 0.15) is 37.8 Å². The summed E-state index contributed by atoms with van der Waals surface area (Å²) in [5, 5.41) is 9.41. The lowest BCUT2D eigenvalue weighted by Gasteiger charge is -2.13. The zero-order valence-corrected chi connectivity index (χ0v) is 8.33. The van der Waals surface area contributed by atoms with Crippen molar-refractivity contribution in [1.82, 2.24) is 0 Å². The maximum absolute atomic E-state index is 13.0. The van der Waals surface area contributed by atoms with Gasteiger partial charge in [-0.15, -0.1) is 0 Å². The molecule has 0 saturated carbocycles. The Morgan fingerprint density at radius 1 is 1.50 bits per heavy atom. The molecule has 0 amide bonds. The van der Waals surface area contributed by atoms with Crippen LogP contribution in [0.5, 0.6) is 5.75 Å². The van der Waals surface area contributed by atoms with E-state index >= 15 is 0 Å². The highest BCUT2D eigenvalue weighted by Gasteiger charge is 2.12. The van der Waals surface area contributed by atoms with E-state index in [2.05, 4.69) is 6.92 Å². The van der Waals surface area contributed by atoms with Gasteiger partial charge in [0.15, 0.2) is 11.6 Å². The molecule has 3 heteroatoms. The van der Waals surface area contributed by atoms with Crippen LogP contribution in [-0.4, -0.2) is 5.11 Å². The third-order valence-corrected chi connectivity index (χ3v) is 2.29. The van der Waals surface area contributed by atoms with Gasteiger partial charge in [-0.1, -0.05) is 31.9 Å². The van der Waals surface area contributed by atoms with Crippen LogP contribution in [0, 0.1) is 5.82 Å². The summed E-state index contributed by atoms with van der Waals surface area (Å²) in [5.41, 5.74) is 6.32. The minimum absolute atomic E-state index is 0.273. The van der Waals surface area contributed by atoms with Crippen molar-refractivity contribution >= 4 is 0 Å². The summed E-state index contributed by atoms with van der Waals surface area (Å²) in [4.78, 5) is 0. The number of para-hydroxylation sites is 1. The van der Waals surface area contributed by atoms with Crippen LogP contribution in [0.2, 0.25) is 0 Å². The fraction of sp³-hybridized carbons (Fsp3) is 0.455. The van der Waals surface area contributed by atoms with Crippen LogP contribution in [0.25, 0.3) is 0 Å².